The Morgan fingerprint density at radius 3 is 2.74 bits per heavy atom. The number of hydrogen-bond donors (Lipinski definition) is 1. The normalized spacial score (nSPS) is 9.74. The molecule has 0 aliphatic heterocycles. The number of nitriles is 1. The summed E-state index contributed by atoms with van der Waals surface area (Å²) < 4.78 is 5.28. The van der Waals surface area contributed by atoms with Gasteiger partial charge in [-0.05, 0) is 24.3 Å². The highest BCUT2D eigenvalue weighted by Crippen LogP contribution is 2.25. The van der Waals surface area contributed by atoms with E-state index in [1.165, 1.54) is 0 Å². The number of nitrogens with one attached hydrogen (secondary N) is 1. The first-order chi connectivity index (χ1) is 9.24. The lowest BCUT2D eigenvalue weighted by molar-refractivity contribution is 0.410. The van der Waals surface area contributed by atoms with Gasteiger partial charge in [-0.1, -0.05) is 29.8 Å². The highest BCUT2D eigenvalue weighted by Gasteiger charge is 2.04. The SMILES string of the molecule is COc1ccccc1CNc1ccc(C#N)cc1Cl. The Morgan fingerprint density at radius 2 is 2.05 bits per heavy atom. The van der Waals surface area contributed by atoms with Crippen LogP contribution in [0.3, 0.4) is 0 Å². The van der Waals surface area contributed by atoms with Crippen molar-refractivity contribution in [1.82, 2.24) is 0 Å². The molecule has 2 aromatic carbocycles. The molecule has 0 radical (unpaired) electrons. The molecule has 0 aromatic heterocycles. The Morgan fingerprint density at radius 1 is 1.26 bits per heavy atom. The molecular weight excluding hydrogens is 260 g/mol. The van der Waals surface area contributed by atoms with Gasteiger partial charge >= 0.3 is 0 Å². The molecule has 0 unspecified atom stereocenters. The maximum Gasteiger partial charge on any atom is 0.123 e. The molecule has 96 valence electrons. The van der Waals surface area contributed by atoms with Crippen LogP contribution in [0, 0.1) is 11.3 Å². The zero-order valence-electron chi connectivity index (χ0n) is 10.5. The third-order valence-electron chi connectivity index (χ3n) is 2.76. The number of ether oxygens (including phenoxy) is 1. The van der Waals surface area contributed by atoms with Crippen molar-refractivity contribution in [3.63, 3.8) is 0 Å². The molecule has 4 heteroatoms. The molecule has 0 fully saturated rings. The van der Waals surface area contributed by atoms with Gasteiger partial charge in [0.1, 0.15) is 5.75 Å². The average Bonchev–Trinajstić information content (AvgIpc) is 2.46. The maximum absolute atomic E-state index is 8.78. The molecule has 0 saturated carbocycles. The minimum Gasteiger partial charge on any atom is -0.496 e. The molecular formula is C15H13ClN2O. The number of methoxy groups -OCH3 is 1. The van der Waals surface area contributed by atoms with E-state index < -0.39 is 0 Å². The van der Waals surface area contributed by atoms with E-state index in [4.69, 9.17) is 21.6 Å². The second-order valence-corrected chi connectivity index (χ2v) is 4.38. The topological polar surface area (TPSA) is 45.0 Å². The van der Waals surface area contributed by atoms with Crippen LogP contribution in [0.4, 0.5) is 5.69 Å². The van der Waals surface area contributed by atoms with Crippen LogP contribution >= 0.6 is 11.6 Å². The monoisotopic (exact) mass is 272 g/mol. The van der Waals surface area contributed by atoms with E-state index in [9.17, 15) is 0 Å². The van der Waals surface area contributed by atoms with Gasteiger partial charge in [-0.15, -0.1) is 0 Å². The molecule has 2 aromatic rings. The zero-order valence-corrected chi connectivity index (χ0v) is 11.2. The van der Waals surface area contributed by atoms with Gasteiger partial charge in [0.05, 0.1) is 29.5 Å². The Hall–Kier alpha value is -2.18. The summed E-state index contributed by atoms with van der Waals surface area (Å²) >= 11 is 6.10. The highest BCUT2D eigenvalue weighted by molar-refractivity contribution is 6.33. The first kappa shape index (κ1) is 13.3. The summed E-state index contributed by atoms with van der Waals surface area (Å²) in [4.78, 5) is 0. The van der Waals surface area contributed by atoms with E-state index >= 15 is 0 Å². The van der Waals surface area contributed by atoms with Crippen molar-refractivity contribution in [2.45, 2.75) is 6.54 Å². The molecule has 1 N–H and O–H groups in total. The fourth-order valence-electron chi connectivity index (χ4n) is 1.77. The van der Waals surface area contributed by atoms with Gasteiger partial charge < -0.3 is 10.1 Å². The molecule has 0 bridgehead atoms. The average molecular weight is 273 g/mol. The second-order valence-electron chi connectivity index (χ2n) is 3.97. The van der Waals surface area contributed by atoms with E-state index in [1.807, 2.05) is 24.3 Å². The van der Waals surface area contributed by atoms with E-state index in [1.54, 1.807) is 25.3 Å². The summed E-state index contributed by atoms with van der Waals surface area (Å²) in [5.41, 5.74) is 2.39. The Balaban J connectivity index is 2.13. The van der Waals surface area contributed by atoms with Gasteiger partial charge in [0.2, 0.25) is 0 Å². The van der Waals surface area contributed by atoms with Crippen molar-refractivity contribution in [3.8, 4) is 11.8 Å². The van der Waals surface area contributed by atoms with Crippen LogP contribution in [0.1, 0.15) is 11.1 Å². The van der Waals surface area contributed by atoms with Crippen LogP contribution in [0.25, 0.3) is 0 Å². The zero-order chi connectivity index (χ0) is 13.7. The minimum absolute atomic E-state index is 0.536. The van der Waals surface area contributed by atoms with Crippen LogP contribution in [0.2, 0.25) is 5.02 Å². The third kappa shape index (κ3) is 3.18. The molecule has 0 aliphatic carbocycles. The lowest BCUT2D eigenvalue weighted by atomic mass is 10.2. The van der Waals surface area contributed by atoms with Gasteiger partial charge in [0.25, 0.3) is 0 Å². The Bertz CT molecular complexity index is 620. The van der Waals surface area contributed by atoms with Crippen LogP contribution in [0.15, 0.2) is 42.5 Å². The maximum atomic E-state index is 8.78. The van der Waals surface area contributed by atoms with Crippen molar-refractivity contribution in [1.29, 1.82) is 5.26 Å². The summed E-state index contributed by atoms with van der Waals surface area (Å²) in [6.45, 7) is 0.607. The molecule has 2 rings (SSSR count). The van der Waals surface area contributed by atoms with Crippen molar-refractivity contribution in [2.75, 3.05) is 12.4 Å². The smallest absolute Gasteiger partial charge is 0.123 e. The second kappa shape index (κ2) is 6.12. The number of halogens is 1. The molecule has 0 atom stereocenters. The number of rotatable bonds is 4. The summed E-state index contributed by atoms with van der Waals surface area (Å²) in [5, 5.41) is 12.6. The fraction of sp³-hybridized carbons (Fsp3) is 0.133. The summed E-state index contributed by atoms with van der Waals surface area (Å²) in [6, 6.07) is 15.0. The lowest BCUT2D eigenvalue weighted by Gasteiger charge is -2.11. The van der Waals surface area contributed by atoms with Gasteiger partial charge in [0, 0.05) is 12.1 Å². The third-order valence-corrected chi connectivity index (χ3v) is 3.07. The summed E-state index contributed by atoms with van der Waals surface area (Å²) in [5.74, 6) is 0.833. The van der Waals surface area contributed by atoms with E-state index in [2.05, 4.69) is 11.4 Å². The molecule has 0 amide bonds. The van der Waals surface area contributed by atoms with Gasteiger partial charge in [-0.2, -0.15) is 5.26 Å². The molecule has 19 heavy (non-hydrogen) atoms. The van der Waals surface area contributed by atoms with Crippen LogP contribution in [-0.4, -0.2) is 7.11 Å². The van der Waals surface area contributed by atoms with E-state index in [0.717, 1.165) is 17.0 Å². The van der Waals surface area contributed by atoms with Crippen molar-refractivity contribution < 1.29 is 4.74 Å². The van der Waals surface area contributed by atoms with Crippen molar-refractivity contribution >= 4 is 17.3 Å². The van der Waals surface area contributed by atoms with E-state index in [-0.39, 0.29) is 0 Å². The number of para-hydroxylation sites is 1. The lowest BCUT2D eigenvalue weighted by Crippen LogP contribution is -2.02. The fourth-order valence-corrected chi connectivity index (χ4v) is 2.01. The predicted octanol–water partition coefficient (Wildman–Crippen LogP) is 3.83. The number of anilines is 1. The van der Waals surface area contributed by atoms with Crippen molar-refractivity contribution in [3.05, 3.63) is 58.6 Å². The Kier molecular flexibility index (Phi) is 4.27. The number of benzene rings is 2. The van der Waals surface area contributed by atoms with Gasteiger partial charge in [-0.25, -0.2) is 0 Å². The van der Waals surface area contributed by atoms with Crippen LogP contribution < -0.4 is 10.1 Å². The first-order valence-corrected chi connectivity index (χ1v) is 6.18. The molecule has 0 aliphatic rings. The van der Waals surface area contributed by atoms with Crippen molar-refractivity contribution in [2.24, 2.45) is 0 Å². The standard InChI is InChI=1S/C15H13ClN2O/c1-19-15-5-3-2-4-12(15)10-18-14-7-6-11(9-17)8-13(14)16/h2-8,18H,10H2,1H3. The van der Waals surface area contributed by atoms with Gasteiger partial charge in [-0.3, -0.25) is 0 Å². The molecule has 0 heterocycles. The van der Waals surface area contributed by atoms with Crippen LogP contribution in [0.5, 0.6) is 5.75 Å². The number of hydrogen-bond acceptors (Lipinski definition) is 3. The minimum atomic E-state index is 0.536. The Labute approximate surface area is 117 Å². The number of nitrogens with zero attached hydrogens (tertiary/aromatic N) is 1. The highest BCUT2D eigenvalue weighted by atomic mass is 35.5. The van der Waals surface area contributed by atoms with E-state index in [0.29, 0.717) is 17.1 Å². The largest absolute Gasteiger partial charge is 0.496 e. The quantitative estimate of drug-likeness (QED) is 0.920. The molecule has 0 saturated heterocycles. The predicted molar refractivity (Wildman–Crippen MR) is 76.5 cm³/mol. The van der Waals surface area contributed by atoms with Gasteiger partial charge in [0.15, 0.2) is 0 Å². The molecule has 3 nitrogen and oxygen atoms in total. The first-order valence-electron chi connectivity index (χ1n) is 5.80. The van der Waals surface area contributed by atoms with Crippen LogP contribution in [-0.2, 0) is 6.54 Å². The molecule has 0 spiro atoms. The summed E-state index contributed by atoms with van der Waals surface area (Å²) in [6.07, 6.45) is 0. The summed E-state index contributed by atoms with van der Waals surface area (Å²) in [7, 11) is 1.65.